The summed E-state index contributed by atoms with van der Waals surface area (Å²) >= 11 is 0. The molecule has 0 aliphatic heterocycles. The first kappa shape index (κ1) is 26.7. The Balaban J connectivity index is 0. The summed E-state index contributed by atoms with van der Waals surface area (Å²) in [6.45, 7) is 2.22. The molecule has 1 unspecified atom stereocenters. The Hall–Kier alpha value is 1.51. The third kappa shape index (κ3) is 23.5. The Kier molecular flexibility index (Phi) is 21.3. The summed E-state index contributed by atoms with van der Waals surface area (Å²) in [5, 5.41) is 9.88. The Morgan fingerprint density at radius 1 is 0.783 bits per heavy atom. The van der Waals surface area contributed by atoms with Gasteiger partial charge >= 0.3 is 51.4 Å². The first-order chi connectivity index (χ1) is 10.5. The molecule has 0 aliphatic rings. The van der Waals surface area contributed by atoms with Crippen LogP contribution in [0.1, 0.15) is 96.8 Å². The minimum atomic E-state index is -4.04. The summed E-state index contributed by atoms with van der Waals surface area (Å²) < 4.78 is 31.3. The van der Waals surface area contributed by atoms with Crippen LogP contribution in [0.4, 0.5) is 0 Å². The van der Waals surface area contributed by atoms with Crippen LogP contribution in [0.2, 0.25) is 0 Å². The maximum atomic E-state index is 10.4. The molecular weight excluding hydrogens is 339 g/mol. The zero-order chi connectivity index (χ0) is 16.7. The molecule has 0 aromatic carbocycles. The van der Waals surface area contributed by atoms with Gasteiger partial charge in [-0.3, -0.25) is 0 Å². The molecule has 0 amide bonds. The van der Waals surface area contributed by atoms with Crippen molar-refractivity contribution < 1.29 is 69.5 Å². The van der Waals surface area contributed by atoms with Gasteiger partial charge in [-0.1, -0.05) is 77.6 Å². The molecule has 0 spiro atoms. The van der Waals surface area contributed by atoms with Gasteiger partial charge in [0, 0.05) is 5.75 Å². The van der Waals surface area contributed by atoms with Gasteiger partial charge in [0.2, 0.25) is 0 Å². The summed E-state index contributed by atoms with van der Waals surface area (Å²) in [6.07, 6.45) is 14.7. The van der Waals surface area contributed by atoms with E-state index in [1.165, 1.54) is 38.5 Å². The minimum Gasteiger partial charge on any atom is -0.748 e. The van der Waals surface area contributed by atoms with E-state index >= 15 is 0 Å². The second-order valence-corrected chi connectivity index (χ2v) is 7.91. The molecule has 4 nitrogen and oxygen atoms in total. The van der Waals surface area contributed by atoms with Crippen molar-refractivity contribution in [1.82, 2.24) is 0 Å². The molecule has 0 aliphatic carbocycles. The van der Waals surface area contributed by atoms with E-state index in [1.807, 2.05) is 0 Å². The van der Waals surface area contributed by atoms with Crippen molar-refractivity contribution in [2.75, 3.05) is 5.75 Å². The number of aliphatic hydroxyl groups is 1. The fourth-order valence-corrected chi connectivity index (χ4v) is 3.23. The third-order valence-corrected chi connectivity index (χ3v) is 4.86. The topological polar surface area (TPSA) is 77.4 Å². The number of aliphatic hydroxyl groups excluding tert-OH is 1. The normalized spacial score (nSPS) is 12.8. The number of unbranched alkanes of at least 4 members (excludes halogenated alkanes) is 10. The van der Waals surface area contributed by atoms with Crippen LogP contribution >= 0.6 is 0 Å². The molecule has 0 saturated carbocycles. The molecule has 0 rings (SSSR count). The van der Waals surface area contributed by atoms with Gasteiger partial charge < -0.3 is 9.66 Å². The van der Waals surface area contributed by atoms with Crippen LogP contribution < -0.4 is 51.4 Å². The molecule has 0 bridgehead atoms. The molecule has 0 aromatic heterocycles. The molecule has 0 radical (unpaired) electrons. The van der Waals surface area contributed by atoms with Crippen molar-refractivity contribution in [1.29, 1.82) is 0 Å². The molecule has 23 heavy (non-hydrogen) atoms. The molecule has 0 aromatic rings. The zero-order valence-electron chi connectivity index (χ0n) is 15.3. The Morgan fingerprint density at radius 3 is 1.61 bits per heavy atom. The van der Waals surface area contributed by atoms with Crippen molar-refractivity contribution in [3.63, 3.8) is 0 Å². The first-order valence-electron chi connectivity index (χ1n) is 9.07. The summed E-state index contributed by atoms with van der Waals surface area (Å²) in [5.74, 6) is -0.242. The summed E-state index contributed by atoms with van der Waals surface area (Å²) in [4.78, 5) is 0. The zero-order valence-corrected chi connectivity index (χ0v) is 19.2. The van der Waals surface area contributed by atoms with Gasteiger partial charge in [0.05, 0.1) is 16.2 Å². The van der Waals surface area contributed by atoms with Crippen LogP contribution in [-0.2, 0) is 10.1 Å². The van der Waals surface area contributed by atoms with Gasteiger partial charge in [-0.05, 0) is 19.3 Å². The van der Waals surface area contributed by atoms with Crippen molar-refractivity contribution in [3.05, 3.63) is 0 Å². The van der Waals surface area contributed by atoms with Crippen LogP contribution in [-0.4, -0.2) is 29.9 Å². The predicted molar refractivity (Wildman–Crippen MR) is 90.9 cm³/mol. The monoisotopic (exact) mass is 374 g/mol. The van der Waals surface area contributed by atoms with Crippen LogP contribution in [0.25, 0.3) is 0 Å². The molecule has 0 heterocycles. The molecule has 1 N–H and O–H groups in total. The average molecular weight is 375 g/mol. The predicted octanol–water partition coefficient (Wildman–Crippen LogP) is 1.38. The molecule has 1 atom stereocenters. The first-order valence-corrected chi connectivity index (χ1v) is 10.6. The number of hydrogen-bond donors (Lipinski definition) is 1. The summed E-state index contributed by atoms with van der Waals surface area (Å²) in [6, 6.07) is 0. The van der Waals surface area contributed by atoms with Crippen LogP contribution in [0.5, 0.6) is 0 Å². The Labute approximate surface area is 186 Å². The van der Waals surface area contributed by atoms with Crippen molar-refractivity contribution in [3.8, 4) is 0 Å². The average Bonchev–Trinajstić information content (AvgIpc) is 2.44. The van der Waals surface area contributed by atoms with E-state index in [4.69, 9.17) is 0 Å². The van der Waals surface area contributed by atoms with Gasteiger partial charge in [0.1, 0.15) is 0 Å². The standard InChI is InChI=1S/C17H36O4S.K/c1-2-3-4-5-6-8-11-14-17(18)15-12-9-7-10-13-16-22(19,20)21;/h17-18H,2-16H2,1H3,(H,19,20,21);/q;+1/p-1. The second-order valence-electron chi connectivity index (χ2n) is 6.38. The van der Waals surface area contributed by atoms with E-state index in [9.17, 15) is 18.1 Å². The number of rotatable bonds is 16. The molecule has 6 heteroatoms. The van der Waals surface area contributed by atoms with Gasteiger partial charge in [-0.25, -0.2) is 8.42 Å². The van der Waals surface area contributed by atoms with Crippen LogP contribution in [0, 0.1) is 0 Å². The van der Waals surface area contributed by atoms with Crippen molar-refractivity contribution >= 4 is 10.1 Å². The van der Waals surface area contributed by atoms with Crippen molar-refractivity contribution in [2.24, 2.45) is 0 Å². The SMILES string of the molecule is CCCCCCCCCC(O)CCCCCCCS(=O)(=O)[O-].[K+]. The maximum Gasteiger partial charge on any atom is 1.00 e. The van der Waals surface area contributed by atoms with E-state index in [-0.39, 0.29) is 63.2 Å². The van der Waals surface area contributed by atoms with Gasteiger partial charge in [-0.2, -0.15) is 0 Å². The third-order valence-electron chi connectivity index (χ3n) is 4.07. The molecule has 134 valence electrons. The molecular formula is C17H35KO4S. The smallest absolute Gasteiger partial charge is 0.748 e. The maximum absolute atomic E-state index is 10.4. The fraction of sp³-hybridized carbons (Fsp3) is 1.00. The quantitative estimate of drug-likeness (QED) is 0.251. The van der Waals surface area contributed by atoms with E-state index in [1.54, 1.807) is 0 Å². The van der Waals surface area contributed by atoms with E-state index in [0.717, 1.165) is 44.9 Å². The van der Waals surface area contributed by atoms with Gasteiger partial charge in [-0.15, -0.1) is 0 Å². The minimum absolute atomic E-state index is 0. The second kappa shape index (κ2) is 18.3. The molecule has 0 saturated heterocycles. The van der Waals surface area contributed by atoms with Crippen molar-refractivity contribution in [2.45, 2.75) is 103 Å². The largest absolute Gasteiger partial charge is 1.00 e. The van der Waals surface area contributed by atoms with E-state index in [0.29, 0.717) is 6.42 Å². The van der Waals surface area contributed by atoms with E-state index < -0.39 is 10.1 Å². The Bertz CT molecular complexity index is 333. The van der Waals surface area contributed by atoms with Gasteiger partial charge in [0.25, 0.3) is 0 Å². The number of hydrogen-bond acceptors (Lipinski definition) is 4. The van der Waals surface area contributed by atoms with Gasteiger partial charge in [0.15, 0.2) is 0 Å². The summed E-state index contributed by atoms with van der Waals surface area (Å²) in [7, 11) is -4.04. The van der Waals surface area contributed by atoms with Crippen LogP contribution in [0.3, 0.4) is 0 Å². The summed E-state index contributed by atoms with van der Waals surface area (Å²) in [5.41, 5.74) is 0. The molecule has 0 fully saturated rings. The Morgan fingerprint density at radius 2 is 1.17 bits per heavy atom. The van der Waals surface area contributed by atoms with E-state index in [2.05, 4.69) is 6.92 Å². The van der Waals surface area contributed by atoms with Crippen LogP contribution in [0.15, 0.2) is 0 Å². The fourth-order valence-electron chi connectivity index (χ4n) is 2.67.